The number of rotatable bonds is 4. The number of aryl methyl sites for hydroxylation is 1. The van der Waals surface area contributed by atoms with E-state index in [1.54, 1.807) is 13.8 Å². The lowest BCUT2D eigenvalue weighted by Crippen LogP contribution is -2.26. The Hall–Kier alpha value is -1.69. The maximum Gasteiger partial charge on any atom is 0.341 e. The van der Waals surface area contributed by atoms with Crippen molar-refractivity contribution >= 4 is 5.97 Å². The molecule has 1 aliphatic heterocycles. The summed E-state index contributed by atoms with van der Waals surface area (Å²) < 4.78 is 11.0. The van der Waals surface area contributed by atoms with Crippen LogP contribution in [0.1, 0.15) is 40.9 Å². The molecule has 6 heteroatoms. The Bertz CT molecular complexity index is 470. The van der Waals surface area contributed by atoms with E-state index in [-0.39, 0.29) is 17.5 Å². The molecule has 1 aliphatic rings. The van der Waals surface area contributed by atoms with Crippen molar-refractivity contribution in [2.45, 2.75) is 39.2 Å². The SMILES string of the molecule is Cc1nnc(OCC2CCCCO2)c(C(=O)O)c1C. The molecule has 0 amide bonds. The van der Waals surface area contributed by atoms with E-state index in [1.165, 1.54) is 0 Å². The number of carbonyl (C=O) groups is 1. The summed E-state index contributed by atoms with van der Waals surface area (Å²) in [6.45, 7) is 4.48. The minimum atomic E-state index is -1.05. The van der Waals surface area contributed by atoms with Gasteiger partial charge in [0.25, 0.3) is 0 Å². The molecule has 2 heterocycles. The molecule has 0 aliphatic carbocycles. The van der Waals surface area contributed by atoms with E-state index in [1.807, 2.05) is 0 Å². The fraction of sp³-hybridized carbons (Fsp3) is 0.615. The lowest BCUT2D eigenvalue weighted by molar-refractivity contribution is -0.0124. The van der Waals surface area contributed by atoms with E-state index in [4.69, 9.17) is 9.47 Å². The van der Waals surface area contributed by atoms with Gasteiger partial charge in [0.2, 0.25) is 5.88 Å². The van der Waals surface area contributed by atoms with Gasteiger partial charge in [-0.25, -0.2) is 4.79 Å². The highest BCUT2D eigenvalue weighted by Gasteiger charge is 2.21. The van der Waals surface area contributed by atoms with Gasteiger partial charge in [-0.15, -0.1) is 5.10 Å². The Morgan fingerprint density at radius 3 is 2.84 bits per heavy atom. The summed E-state index contributed by atoms with van der Waals surface area (Å²) in [4.78, 5) is 11.3. The predicted molar refractivity (Wildman–Crippen MR) is 67.6 cm³/mol. The first-order valence-electron chi connectivity index (χ1n) is 6.41. The molecule has 0 aromatic carbocycles. The first kappa shape index (κ1) is 13.7. The lowest BCUT2D eigenvalue weighted by Gasteiger charge is -2.22. The molecule has 1 aromatic heterocycles. The molecule has 19 heavy (non-hydrogen) atoms. The normalized spacial score (nSPS) is 19.2. The molecule has 0 bridgehead atoms. The van der Waals surface area contributed by atoms with Crippen LogP contribution in [0.15, 0.2) is 0 Å². The molecule has 1 aromatic rings. The Morgan fingerprint density at radius 1 is 1.42 bits per heavy atom. The van der Waals surface area contributed by atoms with Crippen LogP contribution < -0.4 is 4.74 Å². The second kappa shape index (κ2) is 5.97. The number of aromatic nitrogens is 2. The minimum Gasteiger partial charge on any atom is -0.477 e. The smallest absolute Gasteiger partial charge is 0.341 e. The lowest BCUT2D eigenvalue weighted by atomic mass is 10.1. The van der Waals surface area contributed by atoms with Crippen LogP contribution in [0.4, 0.5) is 0 Å². The van der Waals surface area contributed by atoms with Crippen LogP contribution in [-0.4, -0.2) is 40.6 Å². The van der Waals surface area contributed by atoms with Crippen LogP contribution in [0.5, 0.6) is 5.88 Å². The number of hydrogen-bond donors (Lipinski definition) is 1. The summed E-state index contributed by atoms with van der Waals surface area (Å²) in [7, 11) is 0. The number of aromatic carboxylic acids is 1. The molecule has 0 saturated carbocycles. The number of carboxylic acid groups (broad SMARTS) is 1. The molecule has 6 nitrogen and oxygen atoms in total. The Labute approximate surface area is 111 Å². The Morgan fingerprint density at radius 2 is 2.21 bits per heavy atom. The van der Waals surface area contributed by atoms with E-state index in [0.717, 1.165) is 25.9 Å². The third-order valence-corrected chi connectivity index (χ3v) is 3.32. The average molecular weight is 266 g/mol. The Kier molecular flexibility index (Phi) is 4.31. The van der Waals surface area contributed by atoms with Gasteiger partial charge in [-0.1, -0.05) is 0 Å². The number of ether oxygens (including phenoxy) is 2. The van der Waals surface area contributed by atoms with Gasteiger partial charge < -0.3 is 14.6 Å². The van der Waals surface area contributed by atoms with Crippen molar-refractivity contribution in [2.24, 2.45) is 0 Å². The number of carboxylic acids is 1. The molecule has 0 radical (unpaired) electrons. The summed E-state index contributed by atoms with van der Waals surface area (Å²) in [6.07, 6.45) is 3.12. The van der Waals surface area contributed by atoms with Gasteiger partial charge in [0.05, 0.1) is 11.8 Å². The topological polar surface area (TPSA) is 81.5 Å². The summed E-state index contributed by atoms with van der Waals surface area (Å²) in [5.74, 6) is -0.972. The van der Waals surface area contributed by atoms with Crippen LogP contribution in [0.3, 0.4) is 0 Å². The molecule has 1 saturated heterocycles. The van der Waals surface area contributed by atoms with Crippen molar-refractivity contribution in [1.82, 2.24) is 10.2 Å². The fourth-order valence-electron chi connectivity index (χ4n) is 2.05. The largest absolute Gasteiger partial charge is 0.477 e. The number of nitrogens with zero attached hydrogens (tertiary/aromatic N) is 2. The predicted octanol–water partition coefficient (Wildman–Crippen LogP) is 1.74. The van der Waals surface area contributed by atoms with Gasteiger partial charge in [0, 0.05) is 6.61 Å². The monoisotopic (exact) mass is 266 g/mol. The van der Waals surface area contributed by atoms with Crippen LogP contribution in [0.2, 0.25) is 0 Å². The van der Waals surface area contributed by atoms with E-state index in [9.17, 15) is 9.90 Å². The third-order valence-electron chi connectivity index (χ3n) is 3.32. The molecule has 2 rings (SSSR count). The summed E-state index contributed by atoms with van der Waals surface area (Å²) >= 11 is 0. The van der Waals surface area contributed by atoms with Crippen LogP contribution >= 0.6 is 0 Å². The summed E-state index contributed by atoms with van der Waals surface area (Å²) in [5.41, 5.74) is 1.27. The van der Waals surface area contributed by atoms with E-state index in [2.05, 4.69) is 10.2 Å². The van der Waals surface area contributed by atoms with Gasteiger partial charge in [0.15, 0.2) is 0 Å². The standard InChI is InChI=1S/C13H18N2O4/c1-8-9(2)14-15-12(11(8)13(16)17)19-7-10-5-3-4-6-18-10/h10H,3-7H2,1-2H3,(H,16,17). The van der Waals surface area contributed by atoms with Crippen molar-refractivity contribution in [3.05, 3.63) is 16.8 Å². The van der Waals surface area contributed by atoms with E-state index in [0.29, 0.717) is 17.9 Å². The van der Waals surface area contributed by atoms with E-state index >= 15 is 0 Å². The third kappa shape index (κ3) is 3.20. The second-order valence-electron chi connectivity index (χ2n) is 4.70. The first-order chi connectivity index (χ1) is 9.09. The van der Waals surface area contributed by atoms with Gasteiger partial charge in [-0.3, -0.25) is 0 Å². The van der Waals surface area contributed by atoms with Gasteiger partial charge in [0.1, 0.15) is 12.2 Å². The molecule has 1 unspecified atom stereocenters. The van der Waals surface area contributed by atoms with Crippen molar-refractivity contribution < 1.29 is 19.4 Å². The van der Waals surface area contributed by atoms with Gasteiger partial charge in [-0.05, 0) is 38.7 Å². The molecular formula is C13H18N2O4. The van der Waals surface area contributed by atoms with Crippen LogP contribution in [0, 0.1) is 13.8 Å². The van der Waals surface area contributed by atoms with Gasteiger partial charge >= 0.3 is 5.97 Å². The second-order valence-corrected chi connectivity index (χ2v) is 4.70. The average Bonchev–Trinajstić information content (AvgIpc) is 2.41. The molecule has 1 N–H and O–H groups in total. The first-order valence-corrected chi connectivity index (χ1v) is 6.41. The highest BCUT2D eigenvalue weighted by molar-refractivity contribution is 5.91. The zero-order chi connectivity index (χ0) is 13.8. The maximum atomic E-state index is 11.3. The molecule has 0 spiro atoms. The van der Waals surface area contributed by atoms with Crippen LogP contribution in [0.25, 0.3) is 0 Å². The van der Waals surface area contributed by atoms with Crippen LogP contribution in [-0.2, 0) is 4.74 Å². The molecule has 1 atom stereocenters. The van der Waals surface area contributed by atoms with Crippen molar-refractivity contribution in [2.75, 3.05) is 13.2 Å². The zero-order valence-corrected chi connectivity index (χ0v) is 11.2. The fourth-order valence-corrected chi connectivity index (χ4v) is 2.05. The zero-order valence-electron chi connectivity index (χ0n) is 11.2. The van der Waals surface area contributed by atoms with Crippen molar-refractivity contribution in [1.29, 1.82) is 0 Å². The van der Waals surface area contributed by atoms with Gasteiger partial charge in [-0.2, -0.15) is 5.10 Å². The number of hydrogen-bond acceptors (Lipinski definition) is 5. The Balaban J connectivity index is 2.11. The molecule has 104 valence electrons. The van der Waals surface area contributed by atoms with Crippen molar-refractivity contribution in [3.63, 3.8) is 0 Å². The van der Waals surface area contributed by atoms with E-state index < -0.39 is 5.97 Å². The quantitative estimate of drug-likeness (QED) is 0.894. The maximum absolute atomic E-state index is 11.3. The van der Waals surface area contributed by atoms with Crippen molar-refractivity contribution in [3.8, 4) is 5.88 Å². The highest BCUT2D eigenvalue weighted by atomic mass is 16.5. The highest BCUT2D eigenvalue weighted by Crippen LogP contribution is 2.21. The summed E-state index contributed by atoms with van der Waals surface area (Å²) in [6, 6.07) is 0. The molecular weight excluding hydrogens is 248 g/mol. The summed E-state index contributed by atoms with van der Waals surface area (Å²) in [5, 5.41) is 17.0. The minimum absolute atomic E-state index is 0.0128. The molecule has 1 fully saturated rings.